The van der Waals surface area contributed by atoms with Crippen LogP contribution in [0.2, 0.25) is 0 Å². The van der Waals surface area contributed by atoms with Gasteiger partial charge in [-0.1, -0.05) is 31.4 Å². The lowest BCUT2D eigenvalue weighted by Crippen LogP contribution is -2.12. The summed E-state index contributed by atoms with van der Waals surface area (Å²) in [5.41, 5.74) is 6.04. The lowest BCUT2D eigenvalue weighted by molar-refractivity contribution is -0.137. The Labute approximate surface area is 167 Å². The second-order valence-corrected chi connectivity index (χ2v) is 7.19. The van der Waals surface area contributed by atoms with Crippen molar-refractivity contribution in [3.63, 3.8) is 0 Å². The van der Waals surface area contributed by atoms with Crippen molar-refractivity contribution in [2.45, 2.75) is 44.2 Å². The van der Waals surface area contributed by atoms with Crippen LogP contribution in [-0.4, -0.2) is 11.7 Å². The van der Waals surface area contributed by atoms with Crippen molar-refractivity contribution in [3.8, 4) is 11.5 Å². The highest BCUT2D eigenvalue weighted by molar-refractivity contribution is 6.28. The molecular formula is C21H22ClF3N2O. The number of benzene rings is 2. The van der Waals surface area contributed by atoms with Gasteiger partial charge in [-0.15, -0.1) is 11.6 Å². The van der Waals surface area contributed by atoms with Crippen LogP contribution in [-0.2, 0) is 6.18 Å². The molecule has 150 valence electrons. The van der Waals surface area contributed by atoms with Crippen LogP contribution in [0.4, 0.5) is 18.9 Å². The summed E-state index contributed by atoms with van der Waals surface area (Å²) in [5, 5.41) is 0. The van der Waals surface area contributed by atoms with Crippen molar-refractivity contribution in [2.24, 2.45) is 10.7 Å². The number of ether oxygens (including phenoxy) is 1. The predicted molar refractivity (Wildman–Crippen MR) is 106 cm³/mol. The first-order chi connectivity index (χ1) is 13.4. The molecule has 2 aromatic rings. The van der Waals surface area contributed by atoms with Crippen molar-refractivity contribution in [2.75, 3.05) is 5.88 Å². The number of nitrogens with two attached hydrogens (primary N) is 1. The van der Waals surface area contributed by atoms with Crippen molar-refractivity contribution in [1.82, 2.24) is 0 Å². The number of nitrogens with zero attached hydrogens (tertiary/aromatic N) is 1. The molecule has 0 radical (unpaired) electrons. The van der Waals surface area contributed by atoms with Gasteiger partial charge in [-0.3, -0.25) is 0 Å². The first-order valence-corrected chi connectivity index (χ1v) is 9.78. The second-order valence-electron chi connectivity index (χ2n) is 6.92. The molecule has 1 aliphatic carbocycles. The first-order valence-electron chi connectivity index (χ1n) is 9.25. The molecule has 1 saturated carbocycles. The van der Waals surface area contributed by atoms with E-state index in [4.69, 9.17) is 22.1 Å². The Kier molecular flexibility index (Phi) is 6.50. The Morgan fingerprint density at radius 1 is 1.07 bits per heavy atom. The van der Waals surface area contributed by atoms with Gasteiger partial charge in [-0.05, 0) is 54.7 Å². The van der Waals surface area contributed by atoms with Crippen LogP contribution in [0.1, 0.15) is 49.1 Å². The average molecular weight is 411 g/mol. The Morgan fingerprint density at radius 3 is 2.36 bits per heavy atom. The first kappa shape index (κ1) is 20.5. The van der Waals surface area contributed by atoms with Gasteiger partial charge < -0.3 is 10.5 Å². The van der Waals surface area contributed by atoms with E-state index >= 15 is 0 Å². The fourth-order valence-electron chi connectivity index (χ4n) is 3.42. The molecule has 0 amide bonds. The van der Waals surface area contributed by atoms with Gasteiger partial charge in [-0.25, -0.2) is 4.99 Å². The number of hydrogen-bond donors (Lipinski definition) is 1. The summed E-state index contributed by atoms with van der Waals surface area (Å²) in [6.07, 6.45) is 1.68. The summed E-state index contributed by atoms with van der Waals surface area (Å²) in [6, 6.07) is 10.8. The van der Waals surface area contributed by atoms with Gasteiger partial charge in [0.1, 0.15) is 17.3 Å². The highest BCUT2D eigenvalue weighted by atomic mass is 35.5. The predicted octanol–water partition coefficient (Wildman–Crippen LogP) is 6.77. The normalized spacial score (nSPS) is 16.2. The average Bonchev–Trinajstić information content (AvgIpc) is 2.69. The van der Waals surface area contributed by atoms with E-state index in [0.29, 0.717) is 11.7 Å². The van der Waals surface area contributed by atoms with Gasteiger partial charge in [0.2, 0.25) is 0 Å². The molecule has 0 unspecified atom stereocenters. The maximum Gasteiger partial charge on any atom is 0.416 e. The van der Waals surface area contributed by atoms with Crippen molar-refractivity contribution in [1.29, 1.82) is 0 Å². The van der Waals surface area contributed by atoms with Gasteiger partial charge >= 0.3 is 6.18 Å². The van der Waals surface area contributed by atoms with Crippen LogP contribution in [0.15, 0.2) is 47.5 Å². The van der Waals surface area contributed by atoms with Gasteiger partial charge in [-0.2, -0.15) is 13.2 Å². The smallest absolute Gasteiger partial charge is 0.416 e. The molecule has 3 nitrogen and oxygen atoms in total. The van der Waals surface area contributed by atoms with Crippen LogP contribution in [0.5, 0.6) is 11.5 Å². The summed E-state index contributed by atoms with van der Waals surface area (Å²) < 4.78 is 44.9. The number of rotatable bonds is 5. The number of aliphatic imine (C=N–C) groups is 1. The highest BCUT2D eigenvalue weighted by Gasteiger charge is 2.31. The van der Waals surface area contributed by atoms with Gasteiger partial charge in [0, 0.05) is 0 Å². The van der Waals surface area contributed by atoms with E-state index in [1.165, 1.54) is 43.7 Å². The molecule has 1 aliphatic rings. The molecule has 0 aliphatic heterocycles. The minimum atomic E-state index is -4.49. The zero-order valence-electron chi connectivity index (χ0n) is 15.3. The SMILES string of the molecule is NC(CCl)=Nc1cc(C(F)(F)F)ccc1Oc1ccc(C2CCCCC2)cc1. The minimum Gasteiger partial charge on any atom is -0.455 e. The number of alkyl halides is 4. The fourth-order valence-corrected chi connectivity index (χ4v) is 3.48. The molecule has 0 bridgehead atoms. The van der Waals surface area contributed by atoms with Crippen LogP contribution < -0.4 is 10.5 Å². The van der Waals surface area contributed by atoms with Gasteiger partial charge in [0.05, 0.1) is 11.4 Å². The summed E-state index contributed by atoms with van der Waals surface area (Å²) >= 11 is 5.62. The van der Waals surface area contributed by atoms with E-state index in [9.17, 15) is 13.2 Å². The van der Waals surface area contributed by atoms with E-state index in [2.05, 4.69) is 4.99 Å². The van der Waals surface area contributed by atoms with Crippen LogP contribution in [0, 0.1) is 0 Å². The van der Waals surface area contributed by atoms with E-state index in [-0.39, 0.29) is 23.2 Å². The molecular weight excluding hydrogens is 389 g/mol. The molecule has 28 heavy (non-hydrogen) atoms. The molecule has 1 fully saturated rings. The fraction of sp³-hybridized carbons (Fsp3) is 0.381. The molecule has 0 spiro atoms. The molecule has 0 atom stereocenters. The third-order valence-electron chi connectivity index (χ3n) is 4.87. The Bertz CT molecular complexity index is 829. The highest BCUT2D eigenvalue weighted by Crippen LogP contribution is 2.39. The van der Waals surface area contributed by atoms with Crippen LogP contribution >= 0.6 is 11.6 Å². The Hall–Kier alpha value is -2.21. The number of halogens is 4. The topological polar surface area (TPSA) is 47.6 Å². The molecule has 0 heterocycles. The molecule has 0 aromatic heterocycles. The third-order valence-corrected chi connectivity index (χ3v) is 5.15. The van der Waals surface area contributed by atoms with E-state index < -0.39 is 11.7 Å². The molecule has 0 saturated heterocycles. The van der Waals surface area contributed by atoms with E-state index in [0.717, 1.165) is 12.1 Å². The third kappa shape index (κ3) is 5.19. The Morgan fingerprint density at radius 2 is 1.75 bits per heavy atom. The molecule has 7 heteroatoms. The quantitative estimate of drug-likeness (QED) is 0.335. The largest absolute Gasteiger partial charge is 0.455 e. The maximum absolute atomic E-state index is 13.0. The monoisotopic (exact) mass is 410 g/mol. The minimum absolute atomic E-state index is 0.00988. The second kappa shape index (κ2) is 8.86. The van der Waals surface area contributed by atoms with Gasteiger partial charge in [0.25, 0.3) is 0 Å². The summed E-state index contributed by atoms with van der Waals surface area (Å²) in [5.74, 6) is 1.20. The molecule has 2 N–H and O–H groups in total. The number of hydrogen-bond acceptors (Lipinski definition) is 2. The molecule has 3 rings (SSSR count). The lowest BCUT2D eigenvalue weighted by atomic mass is 9.84. The summed E-state index contributed by atoms with van der Waals surface area (Å²) in [4.78, 5) is 3.98. The maximum atomic E-state index is 13.0. The molecule has 2 aromatic carbocycles. The Balaban J connectivity index is 1.84. The van der Waals surface area contributed by atoms with Crippen molar-refractivity contribution < 1.29 is 17.9 Å². The lowest BCUT2D eigenvalue weighted by Gasteiger charge is -2.22. The van der Waals surface area contributed by atoms with E-state index in [1.807, 2.05) is 24.3 Å². The zero-order valence-corrected chi connectivity index (χ0v) is 16.1. The summed E-state index contributed by atoms with van der Waals surface area (Å²) in [6.45, 7) is 0. The van der Waals surface area contributed by atoms with Gasteiger partial charge in [0.15, 0.2) is 5.75 Å². The summed E-state index contributed by atoms with van der Waals surface area (Å²) in [7, 11) is 0. The van der Waals surface area contributed by atoms with Crippen molar-refractivity contribution in [3.05, 3.63) is 53.6 Å². The van der Waals surface area contributed by atoms with Crippen LogP contribution in [0.25, 0.3) is 0 Å². The van der Waals surface area contributed by atoms with Crippen LogP contribution in [0.3, 0.4) is 0 Å². The standard InChI is InChI=1S/C21H22ClF3N2O/c22-13-20(26)27-18-12-16(21(23,24)25)8-11-19(18)28-17-9-6-15(7-10-17)14-4-2-1-3-5-14/h6-12,14H,1-5,13H2,(H2,26,27). The number of amidine groups is 1. The van der Waals surface area contributed by atoms with E-state index in [1.54, 1.807) is 0 Å². The van der Waals surface area contributed by atoms with Crippen molar-refractivity contribution >= 4 is 23.1 Å². The zero-order chi connectivity index (χ0) is 20.1.